The van der Waals surface area contributed by atoms with Crippen LogP contribution in [0, 0.1) is 0 Å². The van der Waals surface area contributed by atoms with E-state index < -0.39 is 0 Å². The molecule has 4 aromatic heterocycles. The summed E-state index contributed by atoms with van der Waals surface area (Å²) in [6.45, 7) is 0. The van der Waals surface area contributed by atoms with E-state index in [0.29, 0.717) is 17.6 Å². The van der Waals surface area contributed by atoms with Gasteiger partial charge in [-0.1, -0.05) is 115 Å². The van der Waals surface area contributed by atoms with Crippen molar-refractivity contribution in [1.82, 2.24) is 24.1 Å². The van der Waals surface area contributed by atoms with Gasteiger partial charge in [-0.2, -0.15) is 9.97 Å². The highest BCUT2D eigenvalue weighted by molar-refractivity contribution is 6.30. The number of para-hydroxylation sites is 3. The fourth-order valence-electron chi connectivity index (χ4n) is 7.75. The Morgan fingerprint density at radius 3 is 1.65 bits per heavy atom. The van der Waals surface area contributed by atoms with Crippen molar-refractivity contribution >= 4 is 65.6 Å². The zero-order valence-corrected chi connectivity index (χ0v) is 27.2. The van der Waals surface area contributed by atoms with Crippen LogP contribution in [0.3, 0.4) is 0 Å². The highest BCUT2D eigenvalue weighted by Crippen LogP contribution is 2.44. The molecule has 0 radical (unpaired) electrons. The van der Waals surface area contributed by atoms with Gasteiger partial charge in [0, 0.05) is 55.2 Å². The maximum Gasteiger partial charge on any atom is 0.238 e. The third kappa shape index (κ3) is 4.14. The monoisotopic (exact) mass is 653 g/mol. The standard InChI is InChI=1S/C45H27N5O/c1-4-14-28(15-5-1)43-46-44(29-16-6-2-7-17-29)48-45(47-43)50-35-22-12-10-21-32(35)41-37(50)25-24-36-42(41)34-26-33-31-20-11-13-23-39(31)51-40(33)27-38(34)49(36)30-18-8-3-9-19-30/h1-27H. The van der Waals surface area contributed by atoms with Gasteiger partial charge >= 0.3 is 0 Å². The van der Waals surface area contributed by atoms with Crippen molar-refractivity contribution in [3.05, 3.63) is 164 Å². The molecule has 11 rings (SSSR count). The molecule has 4 heterocycles. The fourth-order valence-corrected chi connectivity index (χ4v) is 7.75. The highest BCUT2D eigenvalue weighted by atomic mass is 16.3. The van der Waals surface area contributed by atoms with Crippen LogP contribution in [0.4, 0.5) is 0 Å². The second kappa shape index (κ2) is 10.7. The zero-order valence-electron chi connectivity index (χ0n) is 27.2. The summed E-state index contributed by atoms with van der Waals surface area (Å²) in [7, 11) is 0. The van der Waals surface area contributed by atoms with Gasteiger partial charge in [0.25, 0.3) is 0 Å². The summed E-state index contributed by atoms with van der Waals surface area (Å²) >= 11 is 0. The van der Waals surface area contributed by atoms with E-state index in [1.165, 1.54) is 5.39 Å². The Morgan fingerprint density at radius 2 is 0.941 bits per heavy atom. The lowest BCUT2D eigenvalue weighted by atomic mass is 10.0. The van der Waals surface area contributed by atoms with Crippen molar-refractivity contribution < 1.29 is 4.42 Å². The Balaban J connectivity index is 1.29. The van der Waals surface area contributed by atoms with E-state index in [4.69, 9.17) is 19.4 Å². The Kier molecular flexibility index (Phi) is 5.86. The molecular formula is C45H27N5O. The van der Waals surface area contributed by atoms with Gasteiger partial charge in [-0.25, -0.2) is 4.98 Å². The Hall–Kier alpha value is -7.05. The van der Waals surface area contributed by atoms with Gasteiger partial charge in [-0.05, 0) is 42.5 Å². The molecule has 0 unspecified atom stereocenters. The van der Waals surface area contributed by atoms with Crippen LogP contribution in [0.15, 0.2) is 168 Å². The van der Waals surface area contributed by atoms with Gasteiger partial charge in [-0.15, -0.1) is 0 Å². The predicted molar refractivity (Wildman–Crippen MR) is 207 cm³/mol. The molecule has 0 aliphatic carbocycles. The van der Waals surface area contributed by atoms with Crippen molar-refractivity contribution in [1.29, 1.82) is 0 Å². The Bertz CT molecular complexity index is 3060. The van der Waals surface area contributed by atoms with Crippen LogP contribution in [0.1, 0.15) is 0 Å². The topological polar surface area (TPSA) is 61.7 Å². The average molecular weight is 654 g/mol. The van der Waals surface area contributed by atoms with Crippen LogP contribution < -0.4 is 0 Å². The molecule has 6 heteroatoms. The van der Waals surface area contributed by atoms with Crippen molar-refractivity contribution in [2.75, 3.05) is 0 Å². The third-order valence-electron chi connectivity index (χ3n) is 9.96. The number of benzene rings is 7. The lowest BCUT2D eigenvalue weighted by molar-refractivity contribution is 0.669. The van der Waals surface area contributed by atoms with Gasteiger partial charge in [0.15, 0.2) is 11.6 Å². The zero-order chi connectivity index (χ0) is 33.5. The number of aromatic nitrogens is 5. The van der Waals surface area contributed by atoms with Gasteiger partial charge in [0.2, 0.25) is 5.95 Å². The molecule has 7 aromatic carbocycles. The maximum atomic E-state index is 6.42. The molecule has 0 spiro atoms. The van der Waals surface area contributed by atoms with Crippen LogP contribution in [-0.2, 0) is 0 Å². The van der Waals surface area contributed by atoms with E-state index in [0.717, 1.165) is 77.0 Å². The van der Waals surface area contributed by atoms with E-state index in [1.807, 2.05) is 72.8 Å². The molecule has 11 aromatic rings. The fraction of sp³-hybridized carbons (Fsp3) is 0. The summed E-state index contributed by atoms with van der Waals surface area (Å²) in [5, 5.41) is 6.82. The van der Waals surface area contributed by atoms with E-state index in [9.17, 15) is 0 Å². The number of fused-ring (bicyclic) bond motifs is 10. The van der Waals surface area contributed by atoms with Crippen molar-refractivity contribution in [3.63, 3.8) is 0 Å². The Morgan fingerprint density at radius 1 is 0.373 bits per heavy atom. The molecule has 0 fully saturated rings. The van der Waals surface area contributed by atoms with Gasteiger partial charge in [-0.3, -0.25) is 4.57 Å². The van der Waals surface area contributed by atoms with Crippen molar-refractivity contribution in [2.24, 2.45) is 0 Å². The Labute approximate surface area is 291 Å². The molecule has 0 bridgehead atoms. The minimum absolute atomic E-state index is 0.572. The van der Waals surface area contributed by atoms with Crippen LogP contribution in [-0.4, -0.2) is 24.1 Å². The summed E-state index contributed by atoms with van der Waals surface area (Å²) in [4.78, 5) is 15.3. The minimum atomic E-state index is 0.572. The van der Waals surface area contributed by atoms with Crippen LogP contribution >= 0.6 is 0 Å². The van der Waals surface area contributed by atoms with Crippen LogP contribution in [0.2, 0.25) is 0 Å². The quantitative estimate of drug-likeness (QED) is 0.190. The molecule has 0 amide bonds. The molecule has 0 N–H and O–H groups in total. The third-order valence-corrected chi connectivity index (χ3v) is 9.96. The number of hydrogen-bond acceptors (Lipinski definition) is 4. The predicted octanol–water partition coefficient (Wildman–Crippen LogP) is 11.3. The second-order valence-corrected chi connectivity index (χ2v) is 12.9. The molecule has 0 aliphatic rings. The number of furan rings is 1. The largest absolute Gasteiger partial charge is 0.456 e. The summed E-state index contributed by atoms with van der Waals surface area (Å²) < 4.78 is 11.0. The highest BCUT2D eigenvalue weighted by Gasteiger charge is 2.23. The average Bonchev–Trinajstić information content (AvgIpc) is 3.85. The molecule has 238 valence electrons. The summed E-state index contributed by atoms with van der Waals surface area (Å²) in [6, 6.07) is 56.6. The molecule has 6 nitrogen and oxygen atoms in total. The van der Waals surface area contributed by atoms with Gasteiger partial charge in [0.1, 0.15) is 11.2 Å². The molecule has 0 saturated heterocycles. The minimum Gasteiger partial charge on any atom is -0.456 e. The van der Waals surface area contributed by atoms with Crippen molar-refractivity contribution in [2.45, 2.75) is 0 Å². The number of hydrogen-bond donors (Lipinski definition) is 0. The molecule has 0 saturated carbocycles. The first-order valence-electron chi connectivity index (χ1n) is 17.0. The lowest BCUT2D eigenvalue weighted by Gasteiger charge is -2.11. The summed E-state index contributed by atoms with van der Waals surface area (Å²) in [5.41, 5.74) is 8.97. The van der Waals surface area contributed by atoms with Crippen molar-refractivity contribution in [3.8, 4) is 34.4 Å². The van der Waals surface area contributed by atoms with E-state index >= 15 is 0 Å². The van der Waals surface area contributed by atoms with Crippen LogP contribution in [0.5, 0.6) is 0 Å². The number of nitrogens with zero attached hydrogens (tertiary/aromatic N) is 5. The van der Waals surface area contributed by atoms with Gasteiger partial charge < -0.3 is 8.98 Å². The first-order valence-corrected chi connectivity index (χ1v) is 17.0. The second-order valence-electron chi connectivity index (χ2n) is 12.9. The first-order chi connectivity index (χ1) is 25.3. The molecular weight excluding hydrogens is 627 g/mol. The van der Waals surface area contributed by atoms with E-state index in [2.05, 4.69) is 100 Å². The summed E-state index contributed by atoms with van der Waals surface area (Å²) in [5.74, 6) is 1.83. The number of rotatable bonds is 4. The summed E-state index contributed by atoms with van der Waals surface area (Å²) in [6.07, 6.45) is 0. The molecule has 51 heavy (non-hydrogen) atoms. The first kappa shape index (κ1) is 27.9. The molecule has 0 aliphatic heterocycles. The van der Waals surface area contributed by atoms with Gasteiger partial charge in [0.05, 0.1) is 22.1 Å². The van der Waals surface area contributed by atoms with E-state index in [1.54, 1.807) is 0 Å². The smallest absolute Gasteiger partial charge is 0.238 e. The van der Waals surface area contributed by atoms with Crippen LogP contribution in [0.25, 0.3) is 100.0 Å². The lowest BCUT2D eigenvalue weighted by Crippen LogP contribution is -2.06. The SMILES string of the molecule is c1ccc(-c2nc(-c3ccccc3)nc(-n3c4ccccc4c4c5c6cc7c(cc6n(-c6ccccc6)c5ccc43)oc3ccccc37)n2)cc1. The molecule has 0 atom stereocenters. The maximum absolute atomic E-state index is 6.42. The van der Waals surface area contributed by atoms with E-state index in [-0.39, 0.29) is 0 Å². The normalized spacial score (nSPS) is 11.9.